The van der Waals surface area contributed by atoms with Crippen LogP contribution in [0, 0.1) is 0 Å². The molecule has 0 fully saturated rings. The molecule has 0 radical (unpaired) electrons. The summed E-state index contributed by atoms with van der Waals surface area (Å²) < 4.78 is 31.7. The second-order valence-corrected chi connectivity index (χ2v) is 8.48. The normalized spacial score (nSPS) is 11.3. The highest BCUT2D eigenvalue weighted by atomic mass is 32.2. The van der Waals surface area contributed by atoms with Gasteiger partial charge in [-0.15, -0.1) is 0 Å². The third kappa shape index (κ3) is 6.14. The smallest absolute Gasteiger partial charge is 0.243 e. The van der Waals surface area contributed by atoms with E-state index in [1.807, 2.05) is 6.92 Å². The molecule has 2 aromatic carbocycles. The van der Waals surface area contributed by atoms with Crippen LogP contribution in [0.5, 0.6) is 5.75 Å². The van der Waals surface area contributed by atoms with Gasteiger partial charge >= 0.3 is 0 Å². The molecule has 162 valence electrons. The summed E-state index contributed by atoms with van der Waals surface area (Å²) in [4.78, 5) is 24.6. The van der Waals surface area contributed by atoms with Crippen LogP contribution in [0.2, 0.25) is 0 Å². The first-order chi connectivity index (χ1) is 14.3. The third-order valence-corrected chi connectivity index (χ3v) is 6.61. The zero-order valence-corrected chi connectivity index (χ0v) is 18.4. The van der Waals surface area contributed by atoms with Crippen LogP contribution in [0.1, 0.15) is 44.0 Å². The fraction of sp³-hybridized carbons (Fsp3) is 0.364. The standard InChI is InChI=1S/C22H28N2O5S/c1-4-24(5-2)30(27,28)20-13-9-18(10-14-20)23-22(26)16-15-21(25)17-7-11-19(12-8-17)29-6-3/h7-14H,4-6,15-16H2,1-3H3,(H,23,26). The SMILES string of the molecule is CCOc1ccc(C(=O)CCC(=O)Nc2ccc(S(=O)(=O)N(CC)CC)cc2)cc1. The molecule has 0 unspecified atom stereocenters. The van der Waals surface area contributed by atoms with Crippen molar-refractivity contribution >= 4 is 27.4 Å². The molecule has 0 aromatic heterocycles. The zero-order valence-electron chi connectivity index (χ0n) is 17.6. The van der Waals surface area contributed by atoms with Gasteiger partial charge in [-0.3, -0.25) is 9.59 Å². The zero-order chi connectivity index (χ0) is 22.1. The van der Waals surface area contributed by atoms with Gasteiger partial charge in [-0.05, 0) is 55.5 Å². The third-order valence-electron chi connectivity index (χ3n) is 4.55. The summed E-state index contributed by atoms with van der Waals surface area (Å²) in [6, 6.07) is 12.8. The van der Waals surface area contributed by atoms with E-state index >= 15 is 0 Å². The van der Waals surface area contributed by atoms with E-state index in [9.17, 15) is 18.0 Å². The predicted molar refractivity (Wildman–Crippen MR) is 116 cm³/mol. The summed E-state index contributed by atoms with van der Waals surface area (Å²) in [7, 11) is -3.54. The second-order valence-electron chi connectivity index (χ2n) is 6.54. The Bertz CT molecular complexity index is 950. The Kier molecular flexibility index (Phi) is 8.56. The number of Topliss-reactive ketones (excluding diaryl/α,β-unsaturated/α-hetero) is 1. The first kappa shape index (κ1) is 23.6. The summed E-state index contributed by atoms with van der Waals surface area (Å²) in [6.07, 6.45) is 0.111. The number of amides is 1. The van der Waals surface area contributed by atoms with Gasteiger partial charge in [0.05, 0.1) is 11.5 Å². The fourth-order valence-corrected chi connectivity index (χ4v) is 4.38. The molecule has 1 N–H and O–H groups in total. The molecule has 2 rings (SSSR count). The Morgan fingerprint density at radius 2 is 1.50 bits per heavy atom. The minimum Gasteiger partial charge on any atom is -0.494 e. The van der Waals surface area contributed by atoms with Gasteiger partial charge in [0.1, 0.15) is 5.75 Å². The van der Waals surface area contributed by atoms with Gasteiger partial charge in [0, 0.05) is 37.2 Å². The van der Waals surface area contributed by atoms with E-state index in [0.29, 0.717) is 36.7 Å². The van der Waals surface area contributed by atoms with Crippen molar-refractivity contribution in [2.24, 2.45) is 0 Å². The second kappa shape index (κ2) is 10.9. The van der Waals surface area contributed by atoms with Gasteiger partial charge in [-0.1, -0.05) is 13.8 Å². The predicted octanol–water partition coefficient (Wildman–Crippen LogP) is 3.72. The number of carbonyl (C=O) groups excluding carboxylic acids is 2. The van der Waals surface area contributed by atoms with E-state index in [0.717, 1.165) is 0 Å². The van der Waals surface area contributed by atoms with Gasteiger partial charge in [0.2, 0.25) is 15.9 Å². The number of rotatable bonds is 11. The van der Waals surface area contributed by atoms with Crippen LogP contribution in [0.25, 0.3) is 0 Å². The number of benzene rings is 2. The van der Waals surface area contributed by atoms with Crippen molar-refractivity contribution in [3.05, 3.63) is 54.1 Å². The van der Waals surface area contributed by atoms with Crippen molar-refractivity contribution in [2.75, 3.05) is 25.0 Å². The first-order valence-corrected chi connectivity index (χ1v) is 11.4. The largest absolute Gasteiger partial charge is 0.494 e. The molecule has 0 saturated heterocycles. The van der Waals surface area contributed by atoms with Gasteiger partial charge in [-0.25, -0.2) is 8.42 Å². The molecule has 0 aliphatic heterocycles. The molecule has 0 atom stereocenters. The Morgan fingerprint density at radius 3 is 2.03 bits per heavy atom. The Balaban J connectivity index is 1.91. The van der Waals surface area contributed by atoms with Crippen LogP contribution in [0.15, 0.2) is 53.4 Å². The van der Waals surface area contributed by atoms with Crippen LogP contribution < -0.4 is 10.1 Å². The Labute approximate surface area is 178 Å². The van der Waals surface area contributed by atoms with Gasteiger partial charge < -0.3 is 10.1 Å². The van der Waals surface area contributed by atoms with Crippen molar-refractivity contribution in [2.45, 2.75) is 38.5 Å². The monoisotopic (exact) mass is 432 g/mol. The Hall–Kier alpha value is -2.71. The lowest BCUT2D eigenvalue weighted by Crippen LogP contribution is -2.30. The van der Waals surface area contributed by atoms with Crippen molar-refractivity contribution < 1.29 is 22.7 Å². The molecule has 7 nitrogen and oxygen atoms in total. The average molecular weight is 433 g/mol. The highest BCUT2D eigenvalue weighted by molar-refractivity contribution is 7.89. The molecule has 0 heterocycles. The van der Waals surface area contributed by atoms with E-state index in [4.69, 9.17) is 4.74 Å². The van der Waals surface area contributed by atoms with Crippen molar-refractivity contribution in [1.82, 2.24) is 4.31 Å². The maximum atomic E-state index is 12.5. The number of hydrogen-bond acceptors (Lipinski definition) is 5. The van der Waals surface area contributed by atoms with E-state index < -0.39 is 10.0 Å². The highest BCUT2D eigenvalue weighted by Gasteiger charge is 2.21. The molecule has 0 spiro atoms. The molecular weight excluding hydrogens is 404 g/mol. The summed E-state index contributed by atoms with van der Waals surface area (Å²) in [5, 5.41) is 2.69. The van der Waals surface area contributed by atoms with E-state index in [1.54, 1.807) is 50.2 Å². The molecular formula is C22H28N2O5S. The summed E-state index contributed by atoms with van der Waals surface area (Å²) in [5.41, 5.74) is 1.00. The quantitative estimate of drug-likeness (QED) is 0.546. The molecule has 2 aromatic rings. The number of carbonyl (C=O) groups is 2. The minimum atomic E-state index is -3.54. The van der Waals surface area contributed by atoms with Crippen LogP contribution in [-0.2, 0) is 14.8 Å². The fourth-order valence-electron chi connectivity index (χ4n) is 2.92. The molecule has 1 amide bonds. The van der Waals surface area contributed by atoms with Crippen LogP contribution >= 0.6 is 0 Å². The summed E-state index contributed by atoms with van der Waals surface area (Å²) in [6.45, 7) is 6.78. The molecule has 0 aliphatic carbocycles. The first-order valence-electron chi connectivity index (χ1n) is 9.97. The minimum absolute atomic E-state index is 0.0333. The lowest BCUT2D eigenvalue weighted by Gasteiger charge is -2.18. The number of ether oxygens (including phenoxy) is 1. The number of ketones is 1. The topological polar surface area (TPSA) is 92.8 Å². The van der Waals surface area contributed by atoms with E-state index in [-0.39, 0.29) is 29.4 Å². The van der Waals surface area contributed by atoms with Gasteiger partial charge in [-0.2, -0.15) is 4.31 Å². The molecule has 0 bridgehead atoms. The molecule has 30 heavy (non-hydrogen) atoms. The van der Waals surface area contributed by atoms with E-state index in [1.165, 1.54) is 16.4 Å². The van der Waals surface area contributed by atoms with Gasteiger partial charge in [0.25, 0.3) is 0 Å². The maximum absolute atomic E-state index is 12.5. The number of hydrogen-bond donors (Lipinski definition) is 1. The van der Waals surface area contributed by atoms with Crippen molar-refractivity contribution in [1.29, 1.82) is 0 Å². The molecule has 0 saturated carbocycles. The molecule has 8 heteroatoms. The maximum Gasteiger partial charge on any atom is 0.243 e. The lowest BCUT2D eigenvalue weighted by molar-refractivity contribution is -0.116. The van der Waals surface area contributed by atoms with Gasteiger partial charge in [0.15, 0.2) is 5.78 Å². The Morgan fingerprint density at radius 1 is 0.900 bits per heavy atom. The highest BCUT2D eigenvalue weighted by Crippen LogP contribution is 2.19. The number of nitrogens with one attached hydrogen (secondary N) is 1. The van der Waals surface area contributed by atoms with Crippen molar-refractivity contribution in [3.63, 3.8) is 0 Å². The number of anilines is 1. The summed E-state index contributed by atoms with van der Waals surface area (Å²) >= 11 is 0. The number of sulfonamides is 1. The lowest BCUT2D eigenvalue weighted by atomic mass is 10.1. The number of nitrogens with zero attached hydrogens (tertiary/aromatic N) is 1. The average Bonchev–Trinajstić information content (AvgIpc) is 2.74. The van der Waals surface area contributed by atoms with E-state index in [2.05, 4.69) is 5.32 Å². The van der Waals surface area contributed by atoms with Crippen LogP contribution in [0.3, 0.4) is 0 Å². The van der Waals surface area contributed by atoms with Crippen LogP contribution in [0.4, 0.5) is 5.69 Å². The van der Waals surface area contributed by atoms with Crippen LogP contribution in [-0.4, -0.2) is 44.1 Å². The molecule has 0 aliphatic rings. The summed E-state index contributed by atoms with van der Waals surface area (Å²) in [5.74, 6) is 0.251. The van der Waals surface area contributed by atoms with Crippen molar-refractivity contribution in [3.8, 4) is 5.75 Å².